The highest BCUT2D eigenvalue weighted by Crippen LogP contribution is 2.36. The molecule has 1 aliphatic rings. The topological polar surface area (TPSA) is 65.1 Å². The first-order valence-electron chi connectivity index (χ1n) is 7.31. The van der Waals surface area contributed by atoms with E-state index in [2.05, 4.69) is 18.4 Å². The number of ketones is 1. The molecule has 2 N–H and O–H groups in total. The maximum Gasteiger partial charge on any atom is 0.217 e. The van der Waals surface area contributed by atoms with Gasteiger partial charge in [-0.25, -0.2) is 0 Å². The highest BCUT2D eigenvalue weighted by molar-refractivity contribution is 5.99. The van der Waals surface area contributed by atoms with E-state index in [0.717, 1.165) is 37.1 Å². The number of aryl methyl sites for hydroxylation is 1. The van der Waals surface area contributed by atoms with Crippen molar-refractivity contribution in [3.63, 3.8) is 0 Å². The molecule has 20 heavy (non-hydrogen) atoms. The number of unbranched alkanes of at least 4 members (excludes halogenated alkanes) is 1. The lowest BCUT2D eigenvalue weighted by Gasteiger charge is -2.29. The molecule has 0 unspecified atom stereocenters. The van der Waals surface area contributed by atoms with Crippen molar-refractivity contribution < 1.29 is 9.59 Å². The number of carbonyl (C=O) groups excluding carboxylic acids is 2. The molecule has 0 radical (unpaired) electrons. The van der Waals surface area contributed by atoms with E-state index in [4.69, 9.17) is 5.73 Å². The summed E-state index contributed by atoms with van der Waals surface area (Å²) < 4.78 is 2.25. The van der Waals surface area contributed by atoms with Crippen molar-refractivity contribution in [2.24, 2.45) is 11.1 Å². The minimum atomic E-state index is -0.243. The Labute approximate surface area is 120 Å². The van der Waals surface area contributed by atoms with Gasteiger partial charge in [0.1, 0.15) is 0 Å². The number of rotatable bonds is 5. The zero-order valence-electron chi connectivity index (χ0n) is 12.7. The Morgan fingerprint density at radius 3 is 2.70 bits per heavy atom. The number of nitrogens with two attached hydrogens (primary N) is 1. The van der Waals surface area contributed by atoms with Crippen molar-refractivity contribution in [2.45, 2.75) is 59.4 Å². The van der Waals surface area contributed by atoms with E-state index in [1.165, 1.54) is 5.69 Å². The van der Waals surface area contributed by atoms with E-state index >= 15 is 0 Å². The number of amides is 1. The molecule has 4 heteroatoms. The molecule has 1 amide bonds. The second-order valence-electron chi connectivity index (χ2n) is 6.66. The monoisotopic (exact) mass is 276 g/mol. The number of Topliss-reactive ketones (excluding diaryl/α,β-unsaturated/α-hetero) is 1. The zero-order valence-corrected chi connectivity index (χ0v) is 12.7. The summed E-state index contributed by atoms with van der Waals surface area (Å²) in [7, 11) is 0. The van der Waals surface area contributed by atoms with Crippen LogP contribution in [0.25, 0.3) is 0 Å². The maximum absolute atomic E-state index is 12.2. The van der Waals surface area contributed by atoms with E-state index in [1.54, 1.807) is 0 Å². The predicted molar refractivity (Wildman–Crippen MR) is 78.6 cm³/mol. The SMILES string of the molecule is Cc1cc2c(n1CCCCC(N)=O)CC(C)(C)CC2=O. The Morgan fingerprint density at radius 2 is 2.05 bits per heavy atom. The highest BCUT2D eigenvalue weighted by Gasteiger charge is 2.33. The summed E-state index contributed by atoms with van der Waals surface area (Å²) in [6.07, 6.45) is 3.73. The van der Waals surface area contributed by atoms with Crippen LogP contribution in [0.4, 0.5) is 0 Å². The molecular formula is C16H24N2O2. The fourth-order valence-corrected chi connectivity index (χ4v) is 3.09. The average Bonchev–Trinajstić information content (AvgIpc) is 2.60. The highest BCUT2D eigenvalue weighted by atomic mass is 16.1. The molecule has 0 saturated heterocycles. The van der Waals surface area contributed by atoms with Crippen LogP contribution in [0.1, 0.15) is 61.3 Å². The summed E-state index contributed by atoms with van der Waals surface area (Å²) in [4.78, 5) is 23.0. The second-order valence-corrected chi connectivity index (χ2v) is 6.66. The molecule has 1 aliphatic carbocycles. The molecule has 0 spiro atoms. The summed E-state index contributed by atoms with van der Waals surface area (Å²) in [6, 6.07) is 2.01. The fraction of sp³-hybridized carbons (Fsp3) is 0.625. The number of hydrogen-bond acceptors (Lipinski definition) is 2. The first-order valence-corrected chi connectivity index (χ1v) is 7.31. The summed E-state index contributed by atoms with van der Waals surface area (Å²) >= 11 is 0. The van der Waals surface area contributed by atoms with Crippen LogP contribution in [-0.4, -0.2) is 16.3 Å². The zero-order chi connectivity index (χ0) is 14.9. The van der Waals surface area contributed by atoms with Crippen LogP contribution in [0.2, 0.25) is 0 Å². The summed E-state index contributed by atoms with van der Waals surface area (Å²) in [5.74, 6) is 0.0165. The first-order chi connectivity index (χ1) is 9.30. The Hall–Kier alpha value is -1.58. The Balaban J connectivity index is 2.14. The molecule has 0 aliphatic heterocycles. The summed E-state index contributed by atoms with van der Waals surface area (Å²) in [6.45, 7) is 7.20. The van der Waals surface area contributed by atoms with Crippen LogP contribution >= 0.6 is 0 Å². The molecule has 1 aromatic rings. The molecule has 110 valence electrons. The van der Waals surface area contributed by atoms with Crippen LogP contribution in [0, 0.1) is 12.3 Å². The largest absolute Gasteiger partial charge is 0.370 e. The van der Waals surface area contributed by atoms with E-state index in [9.17, 15) is 9.59 Å². The first kappa shape index (κ1) is 14.8. The van der Waals surface area contributed by atoms with E-state index in [1.807, 2.05) is 13.0 Å². The van der Waals surface area contributed by atoms with E-state index in [0.29, 0.717) is 12.8 Å². The standard InChI is InChI=1S/C16H24N2O2/c1-11-8-12-13(9-16(2,3)10-14(12)19)18(11)7-5-4-6-15(17)20/h8H,4-7,9-10H2,1-3H3,(H2,17,20). The minimum Gasteiger partial charge on any atom is -0.370 e. The van der Waals surface area contributed by atoms with Crippen molar-refractivity contribution >= 4 is 11.7 Å². The number of aromatic nitrogens is 1. The van der Waals surface area contributed by atoms with Crippen LogP contribution in [0.15, 0.2) is 6.07 Å². The minimum absolute atomic E-state index is 0.0415. The van der Waals surface area contributed by atoms with Gasteiger partial charge in [-0.2, -0.15) is 0 Å². The molecule has 0 bridgehead atoms. The van der Waals surface area contributed by atoms with Crippen LogP contribution in [-0.2, 0) is 17.8 Å². The third-order valence-corrected chi connectivity index (χ3v) is 4.06. The molecule has 0 atom stereocenters. The molecule has 2 rings (SSSR count). The van der Waals surface area contributed by atoms with Gasteiger partial charge in [0, 0.05) is 36.3 Å². The summed E-state index contributed by atoms with van der Waals surface area (Å²) in [5, 5.41) is 0. The maximum atomic E-state index is 12.2. The second kappa shape index (κ2) is 5.43. The molecule has 0 saturated carbocycles. The molecule has 4 nitrogen and oxygen atoms in total. The van der Waals surface area contributed by atoms with Crippen molar-refractivity contribution in [1.82, 2.24) is 4.57 Å². The van der Waals surface area contributed by atoms with Crippen molar-refractivity contribution in [2.75, 3.05) is 0 Å². The Kier molecular flexibility index (Phi) is 4.02. The van der Waals surface area contributed by atoms with Gasteiger partial charge in [-0.3, -0.25) is 9.59 Å². The Morgan fingerprint density at radius 1 is 1.35 bits per heavy atom. The number of hydrogen-bond donors (Lipinski definition) is 1. The molecular weight excluding hydrogens is 252 g/mol. The van der Waals surface area contributed by atoms with Gasteiger partial charge in [0.25, 0.3) is 0 Å². The number of carbonyl (C=O) groups is 2. The van der Waals surface area contributed by atoms with Gasteiger partial charge >= 0.3 is 0 Å². The van der Waals surface area contributed by atoms with Crippen LogP contribution < -0.4 is 5.73 Å². The van der Waals surface area contributed by atoms with Gasteiger partial charge in [0.2, 0.25) is 5.91 Å². The molecule has 1 aromatic heterocycles. The smallest absolute Gasteiger partial charge is 0.217 e. The van der Waals surface area contributed by atoms with Gasteiger partial charge in [-0.15, -0.1) is 0 Å². The van der Waals surface area contributed by atoms with Gasteiger partial charge in [-0.05, 0) is 37.7 Å². The molecule has 0 fully saturated rings. The number of nitrogens with zero attached hydrogens (tertiary/aromatic N) is 1. The van der Waals surface area contributed by atoms with Gasteiger partial charge in [0.05, 0.1) is 0 Å². The molecule has 1 heterocycles. The van der Waals surface area contributed by atoms with Crippen LogP contribution in [0.5, 0.6) is 0 Å². The normalized spacial score (nSPS) is 17.1. The van der Waals surface area contributed by atoms with Crippen LogP contribution in [0.3, 0.4) is 0 Å². The average molecular weight is 276 g/mol. The summed E-state index contributed by atoms with van der Waals surface area (Å²) in [5.41, 5.74) is 8.41. The third kappa shape index (κ3) is 3.11. The molecule has 0 aromatic carbocycles. The number of primary amides is 1. The Bertz CT molecular complexity index is 541. The quantitative estimate of drug-likeness (QED) is 0.840. The third-order valence-electron chi connectivity index (χ3n) is 4.06. The lowest BCUT2D eigenvalue weighted by molar-refractivity contribution is -0.118. The van der Waals surface area contributed by atoms with Gasteiger partial charge in [0.15, 0.2) is 5.78 Å². The van der Waals surface area contributed by atoms with Crippen molar-refractivity contribution in [1.29, 1.82) is 0 Å². The van der Waals surface area contributed by atoms with Crippen molar-refractivity contribution in [3.05, 3.63) is 23.0 Å². The predicted octanol–water partition coefficient (Wildman–Crippen LogP) is 2.61. The van der Waals surface area contributed by atoms with E-state index in [-0.39, 0.29) is 17.1 Å². The van der Waals surface area contributed by atoms with Gasteiger partial charge in [-0.1, -0.05) is 13.8 Å². The lowest BCUT2D eigenvalue weighted by Crippen LogP contribution is -2.28. The van der Waals surface area contributed by atoms with Gasteiger partial charge < -0.3 is 10.3 Å². The lowest BCUT2D eigenvalue weighted by atomic mass is 9.76. The fourth-order valence-electron chi connectivity index (χ4n) is 3.09. The van der Waals surface area contributed by atoms with E-state index < -0.39 is 0 Å². The van der Waals surface area contributed by atoms with Crippen molar-refractivity contribution in [3.8, 4) is 0 Å². The number of fused-ring (bicyclic) bond motifs is 1.